The summed E-state index contributed by atoms with van der Waals surface area (Å²) in [6.45, 7) is -0.358. The smallest absolute Gasteiger partial charge is 0.340 e. The Balaban J connectivity index is 2.02. The fourth-order valence-corrected chi connectivity index (χ4v) is 2.23. The van der Waals surface area contributed by atoms with E-state index in [1.54, 1.807) is 36.4 Å². The summed E-state index contributed by atoms with van der Waals surface area (Å²) in [4.78, 5) is 23.8. The largest absolute Gasteiger partial charge is 0.454 e. The van der Waals surface area contributed by atoms with E-state index in [1.165, 1.54) is 6.07 Å². The van der Waals surface area contributed by atoms with Crippen molar-refractivity contribution >= 4 is 50.9 Å². The Labute approximate surface area is 139 Å². The molecular formula is C15H9BrCl2O3. The van der Waals surface area contributed by atoms with E-state index >= 15 is 0 Å². The van der Waals surface area contributed by atoms with E-state index in [9.17, 15) is 9.59 Å². The van der Waals surface area contributed by atoms with Crippen molar-refractivity contribution in [3.8, 4) is 0 Å². The molecule has 0 aliphatic rings. The van der Waals surface area contributed by atoms with Crippen LogP contribution in [0.4, 0.5) is 0 Å². The van der Waals surface area contributed by atoms with Crippen molar-refractivity contribution < 1.29 is 14.3 Å². The number of carbonyl (C=O) groups excluding carboxylic acids is 2. The van der Waals surface area contributed by atoms with Gasteiger partial charge in [0.25, 0.3) is 0 Å². The molecule has 0 aromatic heterocycles. The van der Waals surface area contributed by atoms with Gasteiger partial charge in [-0.3, -0.25) is 4.79 Å². The van der Waals surface area contributed by atoms with Crippen LogP contribution in [0.15, 0.2) is 46.9 Å². The van der Waals surface area contributed by atoms with Crippen molar-refractivity contribution in [1.82, 2.24) is 0 Å². The van der Waals surface area contributed by atoms with Gasteiger partial charge in [-0.15, -0.1) is 0 Å². The maximum Gasteiger partial charge on any atom is 0.340 e. The van der Waals surface area contributed by atoms with Gasteiger partial charge in [-0.2, -0.15) is 0 Å². The monoisotopic (exact) mass is 386 g/mol. The number of hydrogen-bond acceptors (Lipinski definition) is 3. The normalized spacial score (nSPS) is 10.2. The third-order valence-electron chi connectivity index (χ3n) is 2.67. The predicted molar refractivity (Wildman–Crippen MR) is 85.2 cm³/mol. The topological polar surface area (TPSA) is 43.4 Å². The zero-order valence-corrected chi connectivity index (χ0v) is 13.7. The molecule has 0 aliphatic heterocycles. The van der Waals surface area contributed by atoms with Crippen LogP contribution in [0.5, 0.6) is 0 Å². The molecule has 0 atom stereocenters. The molecule has 0 unspecified atom stereocenters. The second kappa shape index (κ2) is 7.07. The summed E-state index contributed by atoms with van der Waals surface area (Å²) in [5, 5.41) is 0.366. The maximum atomic E-state index is 11.9. The van der Waals surface area contributed by atoms with E-state index in [4.69, 9.17) is 27.9 Å². The molecule has 0 aliphatic carbocycles. The summed E-state index contributed by atoms with van der Waals surface area (Å²) < 4.78 is 5.83. The first-order chi connectivity index (χ1) is 9.99. The number of Topliss-reactive ketones (excluding diaryl/α,β-unsaturated/α-hetero) is 1. The van der Waals surface area contributed by atoms with Crippen molar-refractivity contribution in [2.24, 2.45) is 0 Å². The van der Waals surface area contributed by atoms with Crippen LogP contribution in [0.1, 0.15) is 20.7 Å². The first-order valence-corrected chi connectivity index (χ1v) is 7.44. The van der Waals surface area contributed by atoms with Crippen molar-refractivity contribution in [3.63, 3.8) is 0 Å². The number of hydrogen-bond donors (Lipinski definition) is 0. The van der Waals surface area contributed by atoms with Crippen LogP contribution in [0.3, 0.4) is 0 Å². The molecule has 0 saturated heterocycles. The lowest BCUT2D eigenvalue weighted by atomic mass is 10.1. The van der Waals surface area contributed by atoms with Crippen LogP contribution in [0.25, 0.3) is 0 Å². The molecule has 0 saturated carbocycles. The summed E-state index contributed by atoms with van der Waals surface area (Å²) in [7, 11) is 0. The summed E-state index contributed by atoms with van der Waals surface area (Å²) in [5.41, 5.74) is 0.593. The molecular weight excluding hydrogens is 379 g/mol. The lowest BCUT2D eigenvalue weighted by molar-refractivity contribution is 0.0475. The molecule has 6 heteroatoms. The van der Waals surface area contributed by atoms with Crippen molar-refractivity contribution in [1.29, 1.82) is 0 Å². The zero-order valence-electron chi connectivity index (χ0n) is 10.6. The standard InChI is InChI=1S/C15H9BrCl2O3/c16-10-6-4-9(5-7-10)13(19)8-21-15(20)11-2-1-3-12(17)14(11)18/h1-7H,8H2. The first kappa shape index (κ1) is 16.0. The van der Waals surface area contributed by atoms with Gasteiger partial charge in [-0.1, -0.05) is 57.3 Å². The minimum atomic E-state index is -0.687. The molecule has 0 heterocycles. The van der Waals surface area contributed by atoms with E-state index in [-0.39, 0.29) is 28.0 Å². The molecule has 0 fully saturated rings. The number of benzene rings is 2. The van der Waals surface area contributed by atoms with Gasteiger partial charge in [0.2, 0.25) is 0 Å². The highest BCUT2D eigenvalue weighted by molar-refractivity contribution is 9.10. The Bertz CT molecular complexity index is 684. The molecule has 2 aromatic carbocycles. The number of carbonyl (C=O) groups is 2. The Morgan fingerprint density at radius 2 is 1.71 bits per heavy atom. The van der Waals surface area contributed by atoms with Gasteiger partial charge in [0.1, 0.15) is 0 Å². The van der Waals surface area contributed by atoms with E-state index in [0.29, 0.717) is 5.56 Å². The van der Waals surface area contributed by atoms with Gasteiger partial charge in [0, 0.05) is 10.0 Å². The van der Waals surface area contributed by atoms with Crippen LogP contribution >= 0.6 is 39.1 Å². The Morgan fingerprint density at radius 3 is 2.38 bits per heavy atom. The van der Waals surface area contributed by atoms with E-state index in [2.05, 4.69) is 15.9 Å². The maximum absolute atomic E-state index is 11.9. The number of halogens is 3. The average molecular weight is 388 g/mol. The minimum absolute atomic E-state index is 0.111. The fraction of sp³-hybridized carbons (Fsp3) is 0.0667. The second-order valence-corrected chi connectivity index (χ2v) is 5.81. The van der Waals surface area contributed by atoms with Crippen molar-refractivity contribution in [3.05, 3.63) is 68.1 Å². The van der Waals surface area contributed by atoms with E-state index in [0.717, 1.165) is 4.47 Å². The summed E-state index contributed by atoms with van der Waals surface area (Å²) in [5.74, 6) is -0.984. The number of ether oxygens (including phenoxy) is 1. The molecule has 0 amide bonds. The van der Waals surface area contributed by atoms with Crippen molar-refractivity contribution in [2.75, 3.05) is 6.61 Å². The highest BCUT2D eigenvalue weighted by Crippen LogP contribution is 2.26. The molecule has 0 bridgehead atoms. The van der Waals surface area contributed by atoms with Gasteiger partial charge in [-0.25, -0.2) is 4.79 Å². The Morgan fingerprint density at radius 1 is 1.05 bits per heavy atom. The molecule has 3 nitrogen and oxygen atoms in total. The Kier molecular flexibility index (Phi) is 5.39. The van der Waals surface area contributed by atoms with Crippen LogP contribution < -0.4 is 0 Å². The Hall–Kier alpha value is -1.36. The lowest BCUT2D eigenvalue weighted by Gasteiger charge is -2.06. The molecule has 0 radical (unpaired) electrons. The van der Waals surface area contributed by atoms with Crippen molar-refractivity contribution in [2.45, 2.75) is 0 Å². The average Bonchev–Trinajstić information content (AvgIpc) is 2.48. The first-order valence-electron chi connectivity index (χ1n) is 5.89. The SMILES string of the molecule is O=C(COC(=O)c1cccc(Cl)c1Cl)c1ccc(Br)cc1. The van der Waals surface area contributed by atoms with Crippen LogP contribution in [-0.2, 0) is 4.74 Å². The number of esters is 1. The van der Waals surface area contributed by atoms with Gasteiger partial charge in [0.15, 0.2) is 12.4 Å². The molecule has 0 N–H and O–H groups in total. The molecule has 2 aromatic rings. The minimum Gasteiger partial charge on any atom is -0.454 e. The molecule has 108 valence electrons. The number of rotatable bonds is 4. The lowest BCUT2D eigenvalue weighted by Crippen LogP contribution is -2.14. The summed E-state index contributed by atoms with van der Waals surface area (Å²) in [6, 6.07) is 11.4. The quantitative estimate of drug-likeness (QED) is 0.559. The molecule has 2 rings (SSSR count). The second-order valence-electron chi connectivity index (χ2n) is 4.11. The highest BCUT2D eigenvalue weighted by Gasteiger charge is 2.16. The summed E-state index contributed by atoms with van der Waals surface area (Å²) >= 11 is 15.0. The van der Waals surface area contributed by atoms with E-state index < -0.39 is 5.97 Å². The fourth-order valence-electron chi connectivity index (χ4n) is 1.59. The number of ketones is 1. The van der Waals surface area contributed by atoms with Crippen LogP contribution in [0.2, 0.25) is 10.0 Å². The predicted octanol–water partition coefficient (Wildman–Crippen LogP) is 4.80. The van der Waals surface area contributed by atoms with Crippen LogP contribution in [-0.4, -0.2) is 18.4 Å². The van der Waals surface area contributed by atoms with Gasteiger partial charge < -0.3 is 4.74 Å². The van der Waals surface area contributed by atoms with Gasteiger partial charge >= 0.3 is 5.97 Å². The molecule has 0 spiro atoms. The third-order valence-corrected chi connectivity index (χ3v) is 4.02. The zero-order chi connectivity index (χ0) is 15.4. The third kappa shape index (κ3) is 4.06. The molecule has 21 heavy (non-hydrogen) atoms. The highest BCUT2D eigenvalue weighted by atomic mass is 79.9. The van der Waals surface area contributed by atoms with Gasteiger partial charge in [-0.05, 0) is 24.3 Å². The van der Waals surface area contributed by atoms with E-state index in [1.807, 2.05) is 0 Å². The summed E-state index contributed by atoms with van der Waals surface area (Å²) in [6.07, 6.45) is 0. The van der Waals surface area contributed by atoms with Crippen LogP contribution in [0, 0.1) is 0 Å². The van der Waals surface area contributed by atoms with Gasteiger partial charge in [0.05, 0.1) is 15.6 Å².